The van der Waals surface area contributed by atoms with Gasteiger partial charge >= 0.3 is 7.12 Å². The van der Waals surface area contributed by atoms with E-state index in [1.165, 1.54) is 25.7 Å². The first-order valence-corrected chi connectivity index (χ1v) is 11.2. The van der Waals surface area contributed by atoms with E-state index in [0.29, 0.717) is 23.0 Å². The molecule has 28 heavy (non-hydrogen) atoms. The molecular formula is C24H35BO3. The second-order valence-corrected chi connectivity index (χ2v) is 12.0. The van der Waals surface area contributed by atoms with Gasteiger partial charge in [0.25, 0.3) is 0 Å². The SMILES string of the molecule is CC12CC3CC1CC1(C=CC(=O)C(C)(C/C=C\B4OC(C)(C)C(C)(C)O4)C31)C2. The van der Waals surface area contributed by atoms with E-state index < -0.39 is 0 Å². The van der Waals surface area contributed by atoms with Crippen LogP contribution in [0.3, 0.4) is 0 Å². The number of allylic oxidation sites excluding steroid dienone is 3. The van der Waals surface area contributed by atoms with Crippen molar-refractivity contribution in [3.8, 4) is 0 Å². The topological polar surface area (TPSA) is 35.5 Å². The maximum atomic E-state index is 13.1. The third-order valence-corrected chi connectivity index (χ3v) is 9.67. The van der Waals surface area contributed by atoms with Crippen molar-refractivity contribution in [2.75, 3.05) is 0 Å². The molecule has 0 amide bonds. The van der Waals surface area contributed by atoms with Crippen molar-refractivity contribution in [1.82, 2.24) is 0 Å². The van der Waals surface area contributed by atoms with E-state index in [1.807, 2.05) is 12.1 Å². The lowest BCUT2D eigenvalue weighted by molar-refractivity contribution is -0.136. The Kier molecular flexibility index (Phi) is 3.71. The van der Waals surface area contributed by atoms with Gasteiger partial charge in [-0.1, -0.05) is 32.0 Å². The van der Waals surface area contributed by atoms with Gasteiger partial charge in [0.2, 0.25) is 0 Å². The molecule has 4 heteroatoms. The van der Waals surface area contributed by atoms with Crippen molar-refractivity contribution >= 4 is 12.9 Å². The summed E-state index contributed by atoms with van der Waals surface area (Å²) in [5.74, 6) is 4.43. The molecule has 5 fully saturated rings. The first-order chi connectivity index (χ1) is 12.9. The minimum absolute atomic E-state index is 0.265. The maximum absolute atomic E-state index is 13.1. The van der Waals surface area contributed by atoms with Gasteiger partial charge in [-0.15, -0.1) is 0 Å². The fourth-order valence-corrected chi connectivity index (χ4v) is 7.88. The van der Waals surface area contributed by atoms with E-state index >= 15 is 0 Å². The van der Waals surface area contributed by atoms with E-state index in [9.17, 15) is 4.79 Å². The third kappa shape index (κ3) is 2.34. The molecule has 152 valence electrons. The molecule has 1 heterocycles. The standard InChI is InChI=1S/C24H35BO3/c1-20(2)21(3,4)28-25(27-20)11-7-9-23(6)18(26)8-10-24-14-17-12-16(19(23)24)13-22(17,5)15-24/h7-8,10-11,16-17,19H,9,12-15H2,1-6H3/b11-7-. The highest BCUT2D eigenvalue weighted by Crippen LogP contribution is 2.76. The largest absolute Gasteiger partial charge is 0.486 e. The molecule has 4 bridgehead atoms. The predicted octanol–water partition coefficient (Wildman–Crippen LogP) is 5.15. The number of hydrogen-bond donors (Lipinski definition) is 0. The van der Waals surface area contributed by atoms with Crippen LogP contribution < -0.4 is 0 Å². The minimum atomic E-state index is -0.328. The molecular weight excluding hydrogens is 347 g/mol. The zero-order valence-corrected chi connectivity index (χ0v) is 18.4. The molecule has 6 atom stereocenters. The first-order valence-electron chi connectivity index (χ1n) is 11.2. The summed E-state index contributed by atoms with van der Waals surface area (Å²) >= 11 is 0. The fraction of sp³-hybridized carbons (Fsp3) is 0.792. The molecule has 5 aliphatic carbocycles. The maximum Gasteiger partial charge on any atom is 0.486 e. The molecule has 6 aliphatic rings. The molecule has 1 saturated heterocycles. The molecule has 1 spiro atoms. The van der Waals surface area contributed by atoms with E-state index in [2.05, 4.69) is 53.7 Å². The summed E-state index contributed by atoms with van der Waals surface area (Å²) in [4.78, 5) is 13.1. The first kappa shape index (κ1) is 19.1. The van der Waals surface area contributed by atoms with Gasteiger partial charge in [0, 0.05) is 5.41 Å². The molecule has 6 unspecified atom stereocenters. The van der Waals surface area contributed by atoms with Crippen LogP contribution in [0.1, 0.15) is 73.6 Å². The Labute approximate surface area is 170 Å². The van der Waals surface area contributed by atoms with Crippen molar-refractivity contribution in [1.29, 1.82) is 0 Å². The Morgan fingerprint density at radius 1 is 1.11 bits per heavy atom. The van der Waals surface area contributed by atoms with Crippen molar-refractivity contribution in [2.45, 2.75) is 84.8 Å². The van der Waals surface area contributed by atoms with Crippen LogP contribution in [0.15, 0.2) is 24.2 Å². The van der Waals surface area contributed by atoms with E-state index in [-0.39, 0.29) is 29.2 Å². The van der Waals surface area contributed by atoms with Gasteiger partial charge in [0.05, 0.1) is 11.2 Å². The summed E-state index contributed by atoms with van der Waals surface area (Å²) in [7, 11) is -0.328. The number of carbonyl (C=O) groups excluding carboxylic acids is 1. The van der Waals surface area contributed by atoms with Crippen LogP contribution in [0.2, 0.25) is 0 Å². The van der Waals surface area contributed by atoms with Crippen LogP contribution in [0.5, 0.6) is 0 Å². The molecule has 0 aromatic carbocycles. The molecule has 0 aromatic rings. The zero-order valence-electron chi connectivity index (χ0n) is 18.4. The Balaban J connectivity index is 1.38. The monoisotopic (exact) mass is 382 g/mol. The van der Waals surface area contributed by atoms with Crippen LogP contribution in [-0.2, 0) is 14.1 Å². The number of ketones is 1. The quantitative estimate of drug-likeness (QED) is 0.633. The van der Waals surface area contributed by atoms with E-state index in [4.69, 9.17) is 9.31 Å². The molecule has 6 rings (SSSR count). The van der Waals surface area contributed by atoms with Crippen LogP contribution in [-0.4, -0.2) is 24.1 Å². The van der Waals surface area contributed by atoms with Gasteiger partial charge in [-0.3, -0.25) is 4.79 Å². The normalized spacial score (nSPS) is 50.1. The van der Waals surface area contributed by atoms with Crippen LogP contribution in [0.25, 0.3) is 0 Å². The average Bonchev–Trinajstić information content (AvgIpc) is 3.01. The van der Waals surface area contributed by atoms with Crippen LogP contribution in [0.4, 0.5) is 0 Å². The van der Waals surface area contributed by atoms with Gasteiger partial charge < -0.3 is 9.31 Å². The molecule has 0 aromatic heterocycles. The summed E-state index contributed by atoms with van der Waals surface area (Å²) < 4.78 is 12.2. The fourth-order valence-electron chi connectivity index (χ4n) is 7.88. The highest BCUT2D eigenvalue weighted by atomic mass is 16.7. The van der Waals surface area contributed by atoms with Crippen molar-refractivity contribution in [2.24, 2.45) is 34.0 Å². The molecule has 4 saturated carbocycles. The van der Waals surface area contributed by atoms with Crippen molar-refractivity contribution in [3.63, 3.8) is 0 Å². The Bertz CT molecular complexity index is 767. The molecule has 0 radical (unpaired) electrons. The summed E-state index contributed by atoms with van der Waals surface area (Å²) in [5.41, 5.74) is -0.154. The van der Waals surface area contributed by atoms with Crippen LogP contribution in [0, 0.1) is 34.0 Å². The van der Waals surface area contributed by atoms with Gasteiger partial charge in [-0.2, -0.15) is 0 Å². The van der Waals surface area contributed by atoms with Gasteiger partial charge in [0.15, 0.2) is 5.78 Å². The zero-order chi connectivity index (χ0) is 20.2. The number of carbonyl (C=O) groups is 1. The average molecular weight is 382 g/mol. The van der Waals surface area contributed by atoms with E-state index in [1.54, 1.807) is 0 Å². The van der Waals surface area contributed by atoms with Gasteiger partial charge in [-0.25, -0.2) is 0 Å². The Hall–Kier alpha value is -0.865. The lowest BCUT2D eigenvalue weighted by atomic mass is 9.47. The van der Waals surface area contributed by atoms with Crippen LogP contribution >= 0.6 is 0 Å². The van der Waals surface area contributed by atoms with Crippen molar-refractivity contribution < 1.29 is 14.1 Å². The summed E-state index contributed by atoms with van der Waals surface area (Å²) in [6.45, 7) is 13.0. The highest BCUT2D eigenvalue weighted by molar-refractivity contribution is 6.51. The third-order valence-electron chi connectivity index (χ3n) is 9.67. The lowest BCUT2D eigenvalue weighted by Gasteiger charge is -2.55. The predicted molar refractivity (Wildman–Crippen MR) is 112 cm³/mol. The summed E-state index contributed by atoms with van der Waals surface area (Å²) in [5, 5.41) is 0. The molecule has 3 nitrogen and oxygen atoms in total. The summed E-state index contributed by atoms with van der Waals surface area (Å²) in [6.07, 6.45) is 12.4. The second kappa shape index (κ2) is 5.43. The van der Waals surface area contributed by atoms with E-state index in [0.717, 1.165) is 12.3 Å². The minimum Gasteiger partial charge on any atom is -0.400 e. The van der Waals surface area contributed by atoms with Gasteiger partial charge in [-0.05, 0) is 94.5 Å². The highest BCUT2D eigenvalue weighted by Gasteiger charge is 2.70. The Morgan fingerprint density at radius 3 is 2.43 bits per heavy atom. The Morgan fingerprint density at radius 2 is 1.79 bits per heavy atom. The van der Waals surface area contributed by atoms with Gasteiger partial charge in [0.1, 0.15) is 0 Å². The summed E-state index contributed by atoms with van der Waals surface area (Å²) in [6, 6.07) is 0. The molecule has 1 aliphatic heterocycles. The number of hydrogen-bond acceptors (Lipinski definition) is 3. The second-order valence-electron chi connectivity index (χ2n) is 12.0. The number of rotatable bonds is 3. The molecule has 0 N–H and O–H groups in total. The smallest absolute Gasteiger partial charge is 0.400 e. The van der Waals surface area contributed by atoms with Crippen molar-refractivity contribution in [3.05, 3.63) is 24.2 Å². The lowest BCUT2D eigenvalue weighted by Crippen LogP contribution is -2.52.